The van der Waals surface area contributed by atoms with E-state index in [0.717, 1.165) is 80.3 Å². The number of nitrogens with one attached hydrogen (secondary N) is 1. The number of fused-ring (bicyclic) bond motifs is 1. The van der Waals surface area contributed by atoms with E-state index in [1.807, 2.05) is 23.1 Å². The number of rotatable bonds is 5. The molecule has 0 atom stereocenters. The molecule has 2 aromatic rings. The SMILES string of the molecule is COc1cc(CN2CCN(C(=O)c3n[nH]c4c3CCCC4)CC2)cc(OC)c1. The number of hydrogen-bond donors (Lipinski definition) is 1. The second-order valence-corrected chi connectivity index (χ2v) is 7.53. The molecule has 7 heteroatoms. The van der Waals surface area contributed by atoms with Crippen LogP contribution < -0.4 is 9.47 Å². The van der Waals surface area contributed by atoms with Gasteiger partial charge < -0.3 is 14.4 Å². The average Bonchev–Trinajstić information content (AvgIpc) is 3.17. The Bertz CT molecular complexity index is 818. The Hall–Kier alpha value is -2.54. The monoisotopic (exact) mass is 384 g/mol. The molecule has 2 heterocycles. The number of aromatic nitrogens is 2. The molecule has 28 heavy (non-hydrogen) atoms. The molecule has 2 aliphatic rings. The highest BCUT2D eigenvalue weighted by Gasteiger charge is 2.28. The van der Waals surface area contributed by atoms with E-state index in [2.05, 4.69) is 15.1 Å². The van der Waals surface area contributed by atoms with Crippen LogP contribution in [0.3, 0.4) is 0 Å². The van der Waals surface area contributed by atoms with Crippen LogP contribution >= 0.6 is 0 Å². The van der Waals surface area contributed by atoms with Crippen molar-refractivity contribution in [1.82, 2.24) is 20.0 Å². The van der Waals surface area contributed by atoms with Gasteiger partial charge in [0.1, 0.15) is 11.5 Å². The normalized spacial score (nSPS) is 17.3. The first kappa shape index (κ1) is 18.8. The Morgan fingerprint density at radius 2 is 1.71 bits per heavy atom. The molecule has 0 spiro atoms. The lowest BCUT2D eigenvalue weighted by atomic mass is 9.95. The number of amides is 1. The van der Waals surface area contributed by atoms with Gasteiger partial charge in [0.05, 0.1) is 14.2 Å². The van der Waals surface area contributed by atoms with Crippen LogP contribution in [-0.2, 0) is 19.4 Å². The number of nitrogens with zero attached hydrogens (tertiary/aromatic N) is 3. The Labute approximate surface area is 165 Å². The van der Waals surface area contributed by atoms with Crippen molar-refractivity contribution in [1.29, 1.82) is 0 Å². The standard InChI is InChI=1S/C21H28N4O3/c1-27-16-11-15(12-17(13-16)28-2)14-24-7-9-25(10-8-24)21(26)20-18-5-3-4-6-19(18)22-23-20/h11-13H,3-10,14H2,1-2H3,(H,22,23). The molecule has 150 valence electrons. The van der Waals surface area contributed by atoms with E-state index in [1.165, 1.54) is 6.42 Å². The van der Waals surface area contributed by atoms with Crippen LogP contribution in [0.2, 0.25) is 0 Å². The predicted molar refractivity (Wildman–Crippen MR) is 106 cm³/mol. The third kappa shape index (κ3) is 3.85. The molecule has 0 unspecified atom stereocenters. The van der Waals surface area contributed by atoms with Crippen molar-refractivity contribution in [3.05, 3.63) is 40.7 Å². The zero-order valence-corrected chi connectivity index (χ0v) is 16.7. The van der Waals surface area contributed by atoms with Gasteiger partial charge in [-0.25, -0.2) is 0 Å². The number of carbonyl (C=O) groups excluding carboxylic acids is 1. The lowest BCUT2D eigenvalue weighted by Gasteiger charge is -2.34. The molecule has 1 amide bonds. The summed E-state index contributed by atoms with van der Waals surface area (Å²) in [5, 5.41) is 7.42. The summed E-state index contributed by atoms with van der Waals surface area (Å²) in [6.45, 7) is 3.95. The summed E-state index contributed by atoms with van der Waals surface area (Å²) in [6, 6.07) is 5.96. The van der Waals surface area contributed by atoms with Gasteiger partial charge in [-0.1, -0.05) is 0 Å². The van der Waals surface area contributed by atoms with Gasteiger partial charge in [-0.3, -0.25) is 14.8 Å². The Kier molecular flexibility index (Phi) is 5.52. The van der Waals surface area contributed by atoms with Crippen LogP contribution in [0.5, 0.6) is 11.5 Å². The fourth-order valence-electron chi connectivity index (χ4n) is 4.13. The van der Waals surface area contributed by atoms with Crippen molar-refractivity contribution in [2.45, 2.75) is 32.2 Å². The van der Waals surface area contributed by atoms with Crippen molar-refractivity contribution in [3.63, 3.8) is 0 Å². The molecule has 0 radical (unpaired) electrons. The molecule has 1 fully saturated rings. The smallest absolute Gasteiger partial charge is 0.274 e. The van der Waals surface area contributed by atoms with Gasteiger partial charge in [0, 0.05) is 50.0 Å². The topological polar surface area (TPSA) is 70.7 Å². The molecule has 1 N–H and O–H groups in total. The average molecular weight is 384 g/mol. The van der Waals surface area contributed by atoms with Gasteiger partial charge in [0.2, 0.25) is 0 Å². The van der Waals surface area contributed by atoms with E-state index < -0.39 is 0 Å². The van der Waals surface area contributed by atoms with Crippen molar-refractivity contribution >= 4 is 5.91 Å². The molecule has 1 aliphatic heterocycles. The Morgan fingerprint density at radius 3 is 2.39 bits per heavy atom. The minimum absolute atomic E-state index is 0.0714. The molecular formula is C21H28N4O3. The summed E-state index contributed by atoms with van der Waals surface area (Å²) in [7, 11) is 3.33. The number of carbonyl (C=O) groups is 1. The number of H-pyrrole nitrogens is 1. The van der Waals surface area contributed by atoms with Gasteiger partial charge in [-0.2, -0.15) is 5.10 Å². The number of aromatic amines is 1. The van der Waals surface area contributed by atoms with Crippen molar-refractivity contribution in [2.24, 2.45) is 0 Å². The molecule has 1 aromatic carbocycles. The van der Waals surface area contributed by atoms with Gasteiger partial charge in [0.15, 0.2) is 5.69 Å². The van der Waals surface area contributed by atoms with E-state index in [-0.39, 0.29) is 5.91 Å². The maximum Gasteiger partial charge on any atom is 0.274 e. The van der Waals surface area contributed by atoms with Crippen molar-refractivity contribution in [2.75, 3.05) is 40.4 Å². The zero-order valence-electron chi connectivity index (χ0n) is 16.7. The highest BCUT2D eigenvalue weighted by Crippen LogP contribution is 2.25. The second kappa shape index (κ2) is 8.22. The summed E-state index contributed by atoms with van der Waals surface area (Å²) < 4.78 is 10.7. The fourth-order valence-corrected chi connectivity index (χ4v) is 4.13. The van der Waals surface area contributed by atoms with Gasteiger partial charge >= 0.3 is 0 Å². The summed E-state index contributed by atoms with van der Waals surface area (Å²) in [6.07, 6.45) is 4.29. The number of ether oxygens (including phenoxy) is 2. The van der Waals surface area contributed by atoms with Crippen molar-refractivity contribution in [3.8, 4) is 11.5 Å². The number of hydrogen-bond acceptors (Lipinski definition) is 5. The maximum atomic E-state index is 13.0. The molecule has 0 bridgehead atoms. The number of piperazine rings is 1. The van der Waals surface area contributed by atoms with Crippen LogP contribution in [0.25, 0.3) is 0 Å². The van der Waals surface area contributed by atoms with Gasteiger partial charge in [0.25, 0.3) is 5.91 Å². The van der Waals surface area contributed by atoms with E-state index in [1.54, 1.807) is 14.2 Å². The molecule has 4 rings (SSSR count). The Balaban J connectivity index is 1.37. The van der Waals surface area contributed by atoms with Crippen LogP contribution in [0.4, 0.5) is 0 Å². The third-order valence-corrected chi connectivity index (χ3v) is 5.74. The molecule has 7 nitrogen and oxygen atoms in total. The van der Waals surface area contributed by atoms with Gasteiger partial charge in [-0.05, 0) is 43.4 Å². The highest BCUT2D eigenvalue weighted by molar-refractivity contribution is 5.94. The molecule has 1 saturated heterocycles. The van der Waals surface area contributed by atoms with Crippen LogP contribution in [-0.4, -0.2) is 66.3 Å². The summed E-state index contributed by atoms with van der Waals surface area (Å²) in [5.74, 6) is 1.67. The second-order valence-electron chi connectivity index (χ2n) is 7.53. The predicted octanol–water partition coefficient (Wildman–Crippen LogP) is 2.26. The number of aryl methyl sites for hydroxylation is 1. The number of benzene rings is 1. The molecule has 1 aliphatic carbocycles. The fraction of sp³-hybridized carbons (Fsp3) is 0.524. The van der Waals surface area contributed by atoms with Crippen LogP contribution in [0.1, 0.15) is 40.2 Å². The van der Waals surface area contributed by atoms with Gasteiger partial charge in [-0.15, -0.1) is 0 Å². The molecule has 1 aromatic heterocycles. The minimum atomic E-state index is 0.0714. The summed E-state index contributed by atoms with van der Waals surface area (Å²) >= 11 is 0. The summed E-state index contributed by atoms with van der Waals surface area (Å²) in [4.78, 5) is 17.3. The maximum absolute atomic E-state index is 13.0. The van der Waals surface area contributed by atoms with E-state index in [9.17, 15) is 4.79 Å². The Morgan fingerprint density at radius 1 is 1.04 bits per heavy atom. The quantitative estimate of drug-likeness (QED) is 0.856. The van der Waals surface area contributed by atoms with E-state index in [0.29, 0.717) is 5.69 Å². The van der Waals surface area contributed by atoms with Crippen LogP contribution in [0.15, 0.2) is 18.2 Å². The largest absolute Gasteiger partial charge is 0.497 e. The van der Waals surface area contributed by atoms with E-state index >= 15 is 0 Å². The van der Waals surface area contributed by atoms with Crippen molar-refractivity contribution < 1.29 is 14.3 Å². The lowest BCUT2D eigenvalue weighted by Crippen LogP contribution is -2.48. The van der Waals surface area contributed by atoms with Crippen LogP contribution in [0, 0.1) is 0 Å². The number of methoxy groups -OCH3 is 2. The first-order chi connectivity index (χ1) is 13.7. The first-order valence-electron chi connectivity index (χ1n) is 9.97. The summed E-state index contributed by atoms with van der Waals surface area (Å²) in [5.41, 5.74) is 4.08. The minimum Gasteiger partial charge on any atom is -0.497 e. The third-order valence-electron chi connectivity index (χ3n) is 5.74. The zero-order chi connectivity index (χ0) is 19.5. The molecular weight excluding hydrogens is 356 g/mol. The van der Waals surface area contributed by atoms with E-state index in [4.69, 9.17) is 9.47 Å². The first-order valence-corrected chi connectivity index (χ1v) is 9.97. The molecule has 0 saturated carbocycles. The highest BCUT2D eigenvalue weighted by atomic mass is 16.5. The lowest BCUT2D eigenvalue weighted by molar-refractivity contribution is 0.0621.